The molecule has 0 aliphatic heterocycles. The van der Waals surface area contributed by atoms with Crippen LogP contribution < -0.4 is 10.1 Å². The number of hydrogen-bond acceptors (Lipinski definition) is 7. The Morgan fingerprint density at radius 1 is 1.29 bits per heavy atom. The number of aromatic nitrogens is 3. The van der Waals surface area contributed by atoms with Crippen LogP contribution in [0.3, 0.4) is 0 Å². The predicted octanol–water partition coefficient (Wildman–Crippen LogP) is 5.35. The van der Waals surface area contributed by atoms with Crippen LogP contribution in [0.1, 0.15) is 11.4 Å². The average molecular weight is 528 g/mol. The molecular weight excluding hydrogens is 511 g/mol. The second-order valence-corrected chi connectivity index (χ2v) is 8.22. The number of benzene rings is 2. The summed E-state index contributed by atoms with van der Waals surface area (Å²) >= 11 is 7.02. The van der Waals surface area contributed by atoms with Crippen molar-refractivity contribution < 1.29 is 27.6 Å². The fourth-order valence-corrected chi connectivity index (χ4v) is 3.73. The van der Waals surface area contributed by atoms with Gasteiger partial charge in [0.05, 0.1) is 26.9 Å². The molecule has 0 atom stereocenters. The molecule has 0 aliphatic carbocycles. The van der Waals surface area contributed by atoms with E-state index in [-0.39, 0.29) is 41.1 Å². The minimum Gasteiger partial charge on any atom is -0.486 e. The molecule has 3 rings (SSSR count). The molecular formula is C21H17ClF3N5O4S. The molecule has 1 N–H and O–H groups in total. The summed E-state index contributed by atoms with van der Waals surface area (Å²) in [6, 6.07) is 8.12. The van der Waals surface area contributed by atoms with Crippen molar-refractivity contribution in [3.63, 3.8) is 0 Å². The molecule has 0 bridgehead atoms. The Balaban J connectivity index is 1.66. The molecule has 2 aromatic carbocycles. The van der Waals surface area contributed by atoms with Crippen molar-refractivity contribution in [2.45, 2.75) is 24.5 Å². The van der Waals surface area contributed by atoms with Crippen LogP contribution in [-0.2, 0) is 24.1 Å². The second-order valence-electron chi connectivity index (χ2n) is 6.87. The molecule has 35 heavy (non-hydrogen) atoms. The van der Waals surface area contributed by atoms with Gasteiger partial charge in [0.1, 0.15) is 12.4 Å². The van der Waals surface area contributed by atoms with Gasteiger partial charge in [-0.2, -0.15) is 13.2 Å². The fourth-order valence-electron chi connectivity index (χ4n) is 2.79. The molecule has 1 aromatic heterocycles. The van der Waals surface area contributed by atoms with E-state index in [2.05, 4.69) is 22.1 Å². The van der Waals surface area contributed by atoms with Crippen LogP contribution in [0.2, 0.25) is 5.02 Å². The van der Waals surface area contributed by atoms with Gasteiger partial charge >= 0.3 is 6.18 Å². The number of rotatable bonds is 10. The molecule has 14 heteroatoms. The first-order chi connectivity index (χ1) is 16.6. The van der Waals surface area contributed by atoms with Crippen molar-refractivity contribution in [2.75, 3.05) is 11.1 Å². The molecule has 9 nitrogen and oxygen atoms in total. The van der Waals surface area contributed by atoms with Crippen LogP contribution in [-0.4, -0.2) is 31.3 Å². The van der Waals surface area contributed by atoms with Gasteiger partial charge in [0, 0.05) is 18.7 Å². The number of halogens is 4. The third kappa shape index (κ3) is 6.96. The van der Waals surface area contributed by atoms with E-state index >= 15 is 0 Å². The molecule has 3 aromatic rings. The third-order valence-corrected chi connectivity index (χ3v) is 5.70. The summed E-state index contributed by atoms with van der Waals surface area (Å²) in [5, 5.41) is 21.9. The van der Waals surface area contributed by atoms with E-state index in [9.17, 15) is 28.1 Å². The van der Waals surface area contributed by atoms with Gasteiger partial charge in [-0.1, -0.05) is 35.5 Å². The van der Waals surface area contributed by atoms with Gasteiger partial charge in [-0.15, -0.1) is 16.8 Å². The van der Waals surface area contributed by atoms with Gasteiger partial charge in [0.2, 0.25) is 5.91 Å². The van der Waals surface area contributed by atoms with Crippen molar-refractivity contribution in [1.29, 1.82) is 0 Å². The Morgan fingerprint density at radius 2 is 2.06 bits per heavy atom. The van der Waals surface area contributed by atoms with Crippen molar-refractivity contribution >= 4 is 40.6 Å². The lowest BCUT2D eigenvalue weighted by Gasteiger charge is -2.11. The first kappa shape index (κ1) is 26.0. The highest BCUT2D eigenvalue weighted by atomic mass is 35.5. The summed E-state index contributed by atoms with van der Waals surface area (Å²) in [5.74, 6) is -0.294. The number of anilines is 1. The minimum absolute atomic E-state index is 0.00962. The number of nitro benzene ring substituents is 1. The summed E-state index contributed by atoms with van der Waals surface area (Å²) in [4.78, 5) is 22.7. The molecule has 0 saturated heterocycles. The highest BCUT2D eigenvalue weighted by Gasteiger charge is 2.30. The molecule has 0 saturated carbocycles. The van der Waals surface area contributed by atoms with Crippen LogP contribution in [0.15, 0.2) is 60.3 Å². The summed E-state index contributed by atoms with van der Waals surface area (Å²) < 4.78 is 45.8. The summed E-state index contributed by atoms with van der Waals surface area (Å²) in [6.45, 7) is 3.75. The molecule has 0 spiro atoms. The summed E-state index contributed by atoms with van der Waals surface area (Å²) in [5.41, 5.74) is -0.976. The maximum Gasteiger partial charge on any atom is 0.416 e. The van der Waals surface area contributed by atoms with Gasteiger partial charge < -0.3 is 10.1 Å². The zero-order chi connectivity index (χ0) is 25.6. The maximum atomic E-state index is 12.9. The monoisotopic (exact) mass is 527 g/mol. The van der Waals surface area contributed by atoms with Gasteiger partial charge in [0.25, 0.3) is 5.69 Å². The standard InChI is InChI=1S/C21H17ClF3N5O4S/c1-2-8-29-18(11-34-15-5-3-4-13(9-15)21(23,24)25)27-28-20(29)35-12-19(31)26-17-10-14(30(32)33)6-7-16(17)22/h2-7,9-10H,1,8,11-12H2,(H,26,31). The SMILES string of the molecule is C=CCn1c(COc2cccc(C(F)(F)F)c2)nnc1SCC(=O)Nc1cc([N+](=O)[O-])ccc1Cl. The van der Waals surface area contributed by atoms with E-state index in [1.165, 1.54) is 24.3 Å². The van der Waals surface area contributed by atoms with E-state index in [4.69, 9.17) is 16.3 Å². The van der Waals surface area contributed by atoms with E-state index in [0.29, 0.717) is 11.0 Å². The smallest absolute Gasteiger partial charge is 0.416 e. The number of amides is 1. The Labute approximate surface area is 206 Å². The van der Waals surface area contributed by atoms with Crippen LogP contribution in [0.4, 0.5) is 24.5 Å². The molecule has 1 heterocycles. The van der Waals surface area contributed by atoms with Crippen molar-refractivity contribution in [2.24, 2.45) is 0 Å². The van der Waals surface area contributed by atoms with Gasteiger partial charge in [-0.05, 0) is 24.3 Å². The zero-order valence-electron chi connectivity index (χ0n) is 17.8. The third-order valence-electron chi connectivity index (χ3n) is 4.40. The maximum absolute atomic E-state index is 12.9. The molecule has 0 fully saturated rings. The lowest BCUT2D eigenvalue weighted by molar-refractivity contribution is -0.384. The zero-order valence-corrected chi connectivity index (χ0v) is 19.4. The Hall–Kier alpha value is -3.58. The van der Waals surface area contributed by atoms with Crippen LogP contribution in [0.25, 0.3) is 0 Å². The number of carbonyl (C=O) groups is 1. The fraction of sp³-hybridized carbons (Fsp3) is 0.190. The number of allylic oxidation sites excluding steroid dienone is 1. The number of alkyl halides is 3. The van der Waals surface area contributed by atoms with Crippen LogP contribution in [0, 0.1) is 10.1 Å². The predicted molar refractivity (Wildman–Crippen MR) is 123 cm³/mol. The second kappa shape index (κ2) is 11.2. The minimum atomic E-state index is -4.50. The number of ether oxygens (including phenoxy) is 1. The van der Waals surface area contributed by atoms with Crippen molar-refractivity contribution in [1.82, 2.24) is 14.8 Å². The Morgan fingerprint density at radius 3 is 2.74 bits per heavy atom. The van der Waals surface area contributed by atoms with E-state index in [1.54, 1.807) is 10.6 Å². The molecule has 0 aliphatic rings. The average Bonchev–Trinajstić information content (AvgIpc) is 3.19. The number of nitro groups is 1. The summed E-state index contributed by atoms with van der Waals surface area (Å²) in [6.07, 6.45) is -2.94. The Bertz CT molecular complexity index is 1250. The van der Waals surface area contributed by atoms with E-state index in [1.807, 2.05) is 0 Å². The quantitative estimate of drug-likeness (QED) is 0.163. The highest BCUT2D eigenvalue weighted by molar-refractivity contribution is 7.99. The largest absolute Gasteiger partial charge is 0.486 e. The summed E-state index contributed by atoms with van der Waals surface area (Å²) in [7, 11) is 0. The van der Waals surface area contributed by atoms with E-state index < -0.39 is 22.6 Å². The van der Waals surface area contributed by atoms with Crippen molar-refractivity contribution in [3.05, 3.63) is 81.6 Å². The number of nitrogens with one attached hydrogen (secondary N) is 1. The molecule has 1 amide bonds. The normalized spacial score (nSPS) is 11.2. The highest BCUT2D eigenvalue weighted by Crippen LogP contribution is 2.31. The number of non-ortho nitro benzene ring substituents is 1. The molecule has 0 radical (unpaired) electrons. The molecule has 184 valence electrons. The molecule has 0 unspecified atom stereocenters. The number of thioether (sulfide) groups is 1. The van der Waals surface area contributed by atoms with Crippen LogP contribution >= 0.6 is 23.4 Å². The van der Waals surface area contributed by atoms with Gasteiger partial charge in [-0.25, -0.2) is 0 Å². The number of carbonyl (C=O) groups excluding carboxylic acids is 1. The number of hydrogen-bond donors (Lipinski definition) is 1. The van der Waals surface area contributed by atoms with Gasteiger partial charge in [0.15, 0.2) is 11.0 Å². The van der Waals surface area contributed by atoms with Crippen LogP contribution in [0.5, 0.6) is 5.75 Å². The van der Waals surface area contributed by atoms with E-state index in [0.717, 1.165) is 30.0 Å². The number of nitrogens with zero attached hydrogens (tertiary/aromatic N) is 4. The van der Waals surface area contributed by atoms with Crippen molar-refractivity contribution in [3.8, 4) is 5.75 Å². The first-order valence-corrected chi connectivity index (χ1v) is 11.1. The first-order valence-electron chi connectivity index (χ1n) is 9.78. The lowest BCUT2D eigenvalue weighted by Crippen LogP contribution is -2.15. The van der Waals surface area contributed by atoms with Gasteiger partial charge in [-0.3, -0.25) is 19.5 Å². The lowest BCUT2D eigenvalue weighted by atomic mass is 10.2. The Kier molecular flexibility index (Phi) is 8.35. The topological polar surface area (TPSA) is 112 Å².